The lowest BCUT2D eigenvalue weighted by Gasteiger charge is -2.04. The quantitative estimate of drug-likeness (QED) is 0.463. The molecule has 1 heteroatoms. The molecule has 0 radical (unpaired) electrons. The highest BCUT2D eigenvalue weighted by molar-refractivity contribution is 4.90. The highest BCUT2D eigenvalue weighted by Gasteiger charge is 2.04. The predicted octanol–water partition coefficient (Wildman–Crippen LogP) is 5.40. The molecule has 0 aliphatic rings. The SMILES string of the molecule is CCC/C=C\CCC(C#N)CC/C=C\CCC. The average molecular weight is 233 g/mol. The van der Waals surface area contributed by atoms with Gasteiger partial charge in [0.2, 0.25) is 0 Å². The lowest BCUT2D eigenvalue weighted by atomic mass is 9.98. The minimum absolute atomic E-state index is 0.229. The van der Waals surface area contributed by atoms with Crippen LogP contribution in [-0.4, -0.2) is 0 Å². The maximum absolute atomic E-state index is 9.03. The number of hydrogen-bond acceptors (Lipinski definition) is 1. The summed E-state index contributed by atoms with van der Waals surface area (Å²) in [6, 6.07) is 2.42. The van der Waals surface area contributed by atoms with Gasteiger partial charge >= 0.3 is 0 Å². The van der Waals surface area contributed by atoms with E-state index in [-0.39, 0.29) is 5.92 Å². The van der Waals surface area contributed by atoms with E-state index in [1.807, 2.05) is 0 Å². The summed E-state index contributed by atoms with van der Waals surface area (Å²) in [7, 11) is 0. The zero-order valence-electron chi connectivity index (χ0n) is 11.5. The topological polar surface area (TPSA) is 23.8 Å². The van der Waals surface area contributed by atoms with Crippen LogP contribution in [0, 0.1) is 17.2 Å². The fourth-order valence-corrected chi connectivity index (χ4v) is 1.67. The fraction of sp³-hybridized carbons (Fsp3) is 0.688. The Morgan fingerprint density at radius 3 is 1.59 bits per heavy atom. The van der Waals surface area contributed by atoms with E-state index < -0.39 is 0 Å². The molecule has 0 aromatic heterocycles. The zero-order valence-corrected chi connectivity index (χ0v) is 11.5. The molecule has 0 N–H and O–H groups in total. The average Bonchev–Trinajstić information content (AvgIpc) is 2.36. The van der Waals surface area contributed by atoms with Crippen LogP contribution in [0.3, 0.4) is 0 Å². The Labute approximate surface area is 107 Å². The normalized spacial score (nSPS) is 11.6. The molecule has 17 heavy (non-hydrogen) atoms. The Bertz CT molecular complexity index is 225. The molecule has 0 aliphatic heterocycles. The first-order valence-corrected chi connectivity index (χ1v) is 7.04. The summed E-state index contributed by atoms with van der Waals surface area (Å²) in [6.45, 7) is 4.37. The van der Waals surface area contributed by atoms with Gasteiger partial charge in [0.25, 0.3) is 0 Å². The van der Waals surface area contributed by atoms with Crippen molar-refractivity contribution in [2.24, 2.45) is 5.92 Å². The van der Waals surface area contributed by atoms with Crippen LogP contribution in [0.4, 0.5) is 0 Å². The van der Waals surface area contributed by atoms with Crippen LogP contribution in [0.1, 0.15) is 65.2 Å². The molecule has 0 heterocycles. The van der Waals surface area contributed by atoms with Crippen molar-refractivity contribution in [2.45, 2.75) is 65.2 Å². The van der Waals surface area contributed by atoms with Gasteiger partial charge in [-0.3, -0.25) is 0 Å². The van der Waals surface area contributed by atoms with E-state index in [1.54, 1.807) is 0 Å². The third-order valence-corrected chi connectivity index (χ3v) is 2.79. The fourth-order valence-electron chi connectivity index (χ4n) is 1.67. The summed E-state index contributed by atoms with van der Waals surface area (Å²) in [5.41, 5.74) is 0. The minimum Gasteiger partial charge on any atom is -0.198 e. The number of unbranched alkanes of at least 4 members (excludes halogenated alkanes) is 2. The summed E-state index contributed by atoms with van der Waals surface area (Å²) in [5, 5.41) is 9.03. The summed E-state index contributed by atoms with van der Waals surface area (Å²) in [6.07, 6.45) is 17.8. The van der Waals surface area contributed by atoms with E-state index in [1.165, 1.54) is 12.8 Å². The van der Waals surface area contributed by atoms with Crippen molar-refractivity contribution in [2.75, 3.05) is 0 Å². The molecule has 0 spiro atoms. The lowest BCUT2D eigenvalue weighted by molar-refractivity contribution is 0.566. The maximum Gasteiger partial charge on any atom is 0.0656 e. The first-order valence-electron chi connectivity index (χ1n) is 7.04. The second-order valence-corrected chi connectivity index (χ2v) is 4.50. The van der Waals surface area contributed by atoms with Gasteiger partial charge in [0.05, 0.1) is 6.07 Å². The van der Waals surface area contributed by atoms with Crippen molar-refractivity contribution in [3.05, 3.63) is 24.3 Å². The van der Waals surface area contributed by atoms with Gasteiger partial charge in [0.1, 0.15) is 0 Å². The van der Waals surface area contributed by atoms with Gasteiger partial charge in [-0.25, -0.2) is 0 Å². The Balaban J connectivity index is 3.60. The molecule has 1 nitrogen and oxygen atoms in total. The molecule has 96 valence electrons. The standard InChI is InChI=1S/C16H27N/c1-3-5-7-9-11-13-16(15-17)14-12-10-8-6-4-2/h7-10,16H,3-6,11-14H2,1-2H3/b9-7-,10-8-. The van der Waals surface area contributed by atoms with Gasteiger partial charge in [-0.1, -0.05) is 51.0 Å². The van der Waals surface area contributed by atoms with Gasteiger partial charge in [-0.05, 0) is 38.5 Å². The molecule has 0 amide bonds. The minimum atomic E-state index is 0.229. The predicted molar refractivity (Wildman–Crippen MR) is 75.7 cm³/mol. The summed E-state index contributed by atoms with van der Waals surface area (Å²) >= 11 is 0. The monoisotopic (exact) mass is 233 g/mol. The van der Waals surface area contributed by atoms with Crippen molar-refractivity contribution in [3.63, 3.8) is 0 Å². The molecular formula is C16H27N. The molecule has 0 rings (SSSR count). The number of hydrogen-bond donors (Lipinski definition) is 0. The van der Waals surface area contributed by atoms with Crippen molar-refractivity contribution in [1.82, 2.24) is 0 Å². The van der Waals surface area contributed by atoms with Crippen molar-refractivity contribution >= 4 is 0 Å². The highest BCUT2D eigenvalue weighted by Crippen LogP contribution is 2.13. The molecule has 0 aromatic rings. The highest BCUT2D eigenvalue weighted by atomic mass is 14.3. The zero-order chi connectivity index (χ0) is 12.8. The molecular weight excluding hydrogens is 206 g/mol. The summed E-state index contributed by atoms with van der Waals surface area (Å²) in [5.74, 6) is 0.229. The molecule has 0 unspecified atom stereocenters. The van der Waals surface area contributed by atoms with Crippen LogP contribution in [-0.2, 0) is 0 Å². The second kappa shape index (κ2) is 13.0. The Kier molecular flexibility index (Phi) is 12.2. The van der Waals surface area contributed by atoms with Gasteiger partial charge in [-0.2, -0.15) is 5.26 Å². The van der Waals surface area contributed by atoms with Gasteiger partial charge in [0.15, 0.2) is 0 Å². The Morgan fingerprint density at radius 2 is 1.24 bits per heavy atom. The first kappa shape index (κ1) is 16.0. The first-order chi connectivity index (χ1) is 8.35. The molecule has 0 aliphatic carbocycles. The van der Waals surface area contributed by atoms with Gasteiger partial charge in [0, 0.05) is 5.92 Å². The molecule has 0 saturated heterocycles. The second-order valence-electron chi connectivity index (χ2n) is 4.50. The number of nitriles is 1. The Morgan fingerprint density at radius 1 is 0.824 bits per heavy atom. The van der Waals surface area contributed by atoms with E-state index in [0.29, 0.717) is 0 Å². The maximum atomic E-state index is 9.03. The number of rotatable bonds is 10. The van der Waals surface area contributed by atoms with E-state index in [0.717, 1.165) is 38.5 Å². The van der Waals surface area contributed by atoms with Crippen LogP contribution in [0.2, 0.25) is 0 Å². The molecule has 0 fully saturated rings. The van der Waals surface area contributed by atoms with Gasteiger partial charge < -0.3 is 0 Å². The summed E-state index contributed by atoms with van der Waals surface area (Å²) in [4.78, 5) is 0. The van der Waals surface area contributed by atoms with Crippen molar-refractivity contribution in [3.8, 4) is 6.07 Å². The van der Waals surface area contributed by atoms with E-state index in [4.69, 9.17) is 5.26 Å². The van der Waals surface area contributed by atoms with Crippen LogP contribution in [0.15, 0.2) is 24.3 Å². The van der Waals surface area contributed by atoms with Crippen LogP contribution < -0.4 is 0 Å². The van der Waals surface area contributed by atoms with Crippen LogP contribution in [0.25, 0.3) is 0 Å². The van der Waals surface area contributed by atoms with E-state index in [2.05, 4.69) is 44.2 Å². The number of allylic oxidation sites excluding steroid dienone is 4. The van der Waals surface area contributed by atoms with E-state index >= 15 is 0 Å². The third kappa shape index (κ3) is 11.2. The molecule has 0 atom stereocenters. The lowest BCUT2D eigenvalue weighted by Crippen LogP contribution is -1.95. The van der Waals surface area contributed by atoms with Crippen LogP contribution >= 0.6 is 0 Å². The largest absolute Gasteiger partial charge is 0.198 e. The van der Waals surface area contributed by atoms with Crippen molar-refractivity contribution < 1.29 is 0 Å². The summed E-state index contributed by atoms with van der Waals surface area (Å²) < 4.78 is 0. The smallest absolute Gasteiger partial charge is 0.0656 e. The molecule has 0 aromatic carbocycles. The third-order valence-electron chi connectivity index (χ3n) is 2.79. The molecule has 0 saturated carbocycles. The van der Waals surface area contributed by atoms with Crippen LogP contribution in [0.5, 0.6) is 0 Å². The van der Waals surface area contributed by atoms with E-state index in [9.17, 15) is 0 Å². The Hall–Kier alpha value is -1.03. The number of nitrogens with zero attached hydrogens (tertiary/aromatic N) is 1. The van der Waals surface area contributed by atoms with Gasteiger partial charge in [-0.15, -0.1) is 0 Å². The molecule has 0 bridgehead atoms. The van der Waals surface area contributed by atoms with Crippen molar-refractivity contribution in [1.29, 1.82) is 5.26 Å².